The average Bonchev–Trinajstić information content (AvgIpc) is 2.53. The molecule has 0 saturated carbocycles. The Morgan fingerprint density at radius 2 is 2.45 bits per heavy atom. The predicted octanol–water partition coefficient (Wildman–Crippen LogP) is -0.00920. The number of nitrogens with one attached hydrogen (secondary N) is 1. The van der Waals surface area contributed by atoms with Crippen molar-refractivity contribution in [3.05, 3.63) is 29.6 Å². The van der Waals surface area contributed by atoms with Gasteiger partial charge in [0.1, 0.15) is 5.69 Å². The lowest BCUT2D eigenvalue weighted by atomic mass is 10.2. The van der Waals surface area contributed by atoms with Crippen LogP contribution in [0.2, 0.25) is 0 Å². The molecule has 3 N–H and O–H groups in total. The third-order valence-corrected chi connectivity index (χ3v) is 3.45. The molecular formula is C14H22N4O2. The summed E-state index contributed by atoms with van der Waals surface area (Å²) in [4.78, 5) is 18.4. The van der Waals surface area contributed by atoms with Gasteiger partial charge in [0.2, 0.25) is 0 Å². The molecule has 1 aromatic rings. The molecule has 1 aliphatic heterocycles. The van der Waals surface area contributed by atoms with Crippen molar-refractivity contribution in [1.82, 2.24) is 15.2 Å². The van der Waals surface area contributed by atoms with Crippen LogP contribution in [0.5, 0.6) is 0 Å². The summed E-state index contributed by atoms with van der Waals surface area (Å²) in [6.45, 7) is 6.62. The van der Waals surface area contributed by atoms with Crippen molar-refractivity contribution in [1.29, 1.82) is 0 Å². The van der Waals surface area contributed by atoms with E-state index in [4.69, 9.17) is 10.5 Å². The normalized spacial score (nSPS) is 19.8. The zero-order valence-electron chi connectivity index (χ0n) is 11.8. The molecule has 1 saturated heterocycles. The van der Waals surface area contributed by atoms with Crippen LogP contribution in [-0.2, 0) is 11.3 Å². The first-order chi connectivity index (χ1) is 9.72. The Bertz CT molecular complexity index is 435. The van der Waals surface area contributed by atoms with E-state index < -0.39 is 0 Å². The summed E-state index contributed by atoms with van der Waals surface area (Å²) in [7, 11) is 0. The highest BCUT2D eigenvalue weighted by Crippen LogP contribution is 2.04. The molecule has 1 aromatic heterocycles. The highest BCUT2D eigenvalue weighted by molar-refractivity contribution is 5.92. The largest absolute Gasteiger partial charge is 0.374 e. The number of hydrogen-bond acceptors (Lipinski definition) is 5. The van der Waals surface area contributed by atoms with Gasteiger partial charge in [0.05, 0.1) is 12.7 Å². The van der Waals surface area contributed by atoms with E-state index in [2.05, 4.69) is 22.1 Å². The van der Waals surface area contributed by atoms with Crippen LogP contribution in [0, 0.1) is 0 Å². The molecule has 1 atom stereocenters. The van der Waals surface area contributed by atoms with Crippen molar-refractivity contribution < 1.29 is 9.53 Å². The van der Waals surface area contributed by atoms with Gasteiger partial charge in [-0.25, -0.2) is 0 Å². The summed E-state index contributed by atoms with van der Waals surface area (Å²) >= 11 is 0. The van der Waals surface area contributed by atoms with Crippen molar-refractivity contribution in [3.8, 4) is 0 Å². The molecule has 2 heterocycles. The fourth-order valence-corrected chi connectivity index (χ4v) is 2.17. The van der Waals surface area contributed by atoms with Gasteiger partial charge < -0.3 is 15.8 Å². The van der Waals surface area contributed by atoms with Crippen molar-refractivity contribution in [2.75, 3.05) is 32.8 Å². The molecule has 1 amide bonds. The van der Waals surface area contributed by atoms with Gasteiger partial charge >= 0.3 is 0 Å². The van der Waals surface area contributed by atoms with E-state index in [1.165, 1.54) is 0 Å². The van der Waals surface area contributed by atoms with E-state index in [0.717, 1.165) is 31.8 Å². The Morgan fingerprint density at radius 3 is 3.10 bits per heavy atom. The number of aromatic nitrogens is 1. The number of ether oxygens (including phenoxy) is 1. The molecule has 0 aliphatic carbocycles. The molecule has 6 nitrogen and oxygen atoms in total. The number of pyridine rings is 1. The molecule has 6 heteroatoms. The third kappa shape index (κ3) is 4.00. The summed E-state index contributed by atoms with van der Waals surface area (Å²) in [5, 5.41) is 2.87. The number of morpholine rings is 1. The molecule has 0 aromatic carbocycles. The smallest absolute Gasteiger partial charge is 0.269 e. The Morgan fingerprint density at radius 1 is 1.60 bits per heavy atom. The number of likely N-dealkylation sites (N-methyl/N-ethyl adjacent to an activating group) is 1. The van der Waals surface area contributed by atoms with E-state index in [1.807, 2.05) is 6.07 Å². The zero-order chi connectivity index (χ0) is 14.4. The molecule has 0 bridgehead atoms. The van der Waals surface area contributed by atoms with Crippen LogP contribution in [0.3, 0.4) is 0 Å². The summed E-state index contributed by atoms with van der Waals surface area (Å²) < 4.78 is 5.64. The second-order valence-electron chi connectivity index (χ2n) is 4.85. The number of nitrogens with two attached hydrogens (primary N) is 1. The van der Waals surface area contributed by atoms with Crippen LogP contribution >= 0.6 is 0 Å². The van der Waals surface area contributed by atoms with E-state index >= 15 is 0 Å². The molecule has 2 rings (SSSR count). The second-order valence-corrected chi connectivity index (χ2v) is 4.85. The quantitative estimate of drug-likeness (QED) is 0.792. The Hall–Kier alpha value is -1.50. The second kappa shape index (κ2) is 7.33. The van der Waals surface area contributed by atoms with Crippen molar-refractivity contribution in [3.63, 3.8) is 0 Å². The minimum Gasteiger partial charge on any atom is -0.374 e. The van der Waals surface area contributed by atoms with Crippen molar-refractivity contribution in [2.45, 2.75) is 19.6 Å². The maximum Gasteiger partial charge on any atom is 0.269 e. The molecule has 1 unspecified atom stereocenters. The number of carbonyl (C=O) groups excluding carboxylic acids is 1. The summed E-state index contributed by atoms with van der Waals surface area (Å²) in [6.07, 6.45) is 1.68. The highest BCUT2D eigenvalue weighted by atomic mass is 16.5. The van der Waals surface area contributed by atoms with Gasteiger partial charge in [-0.2, -0.15) is 0 Å². The minimum absolute atomic E-state index is 0.0518. The number of amides is 1. The lowest BCUT2D eigenvalue weighted by Gasteiger charge is -2.32. The number of hydrogen-bond donors (Lipinski definition) is 2. The first-order valence-corrected chi connectivity index (χ1v) is 7.00. The molecule has 0 spiro atoms. The van der Waals surface area contributed by atoms with Crippen LogP contribution in [0.1, 0.15) is 23.0 Å². The monoisotopic (exact) mass is 278 g/mol. The van der Waals surface area contributed by atoms with Crippen LogP contribution in [0.4, 0.5) is 0 Å². The molecule has 1 aliphatic rings. The van der Waals surface area contributed by atoms with Gasteiger partial charge in [0.25, 0.3) is 5.91 Å². The predicted molar refractivity (Wildman–Crippen MR) is 76.3 cm³/mol. The van der Waals surface area contributed by atoms with Crippen molar-refractivity contribution in [2.24, 2.45) is 5.73 Å². The fourth-order valence-electron chi connectivity index (χ4n) is 2.17. The van der Waals surface area contributed by atoms with Crippen LogP contribution < -0.4 is 11.1 Å². The van der Waals surface area contributed by atoms with Crippen LogP contribution in [-0.4, -0.2) is 54.7 Å². The number of rotatable bonds is 5. The summed E-state index contributed by atoms with van der Waals surface area (Å²) in [5.41, 5.74) is 6.82. The molecule has 0 radical (unpaired) electrons. The molecule has 20 heavy (non-hydrogen) atoms. The van der Waals surface area contributed by atoms with Gasteiger partial charge in [0.15, 0.2) is 0 Å². The van der Waals surface area contributed by atoms with Gasteiger partial charge in [0, 0.05) is 32.4 Å². The van der Waals surface area contributed by atoms with Gasteiger partial charge in [-0.3, -0.25) is 14.7 Å². The fraction of sp³-hybridized carbons (Fsp3) is 0.571. The maximum atomic E-state index is 12.0. The highest BCUT2D eigenvalue weighted by Gasteiger charge is 2.20. The number of carbonyl (C=O) groups is 1. The topological polar surface area (TPSA) is 80.5 Å². The Labute approximate surface area is 119 Å². The van der Waals surface area contributed by atoms with Crippen LogP contribution in [0.25, 0.3) is 0 Å². The van der Waals surface area contributed by atoms with Gasteiger partial charge in [-0.1, -0.05) is 13.0 Å². The Kier molecular flexibility index (Phi) is 5.46. The van der Waals surface area contributed by atoms with E-state index in [-0.39, 0.29) is 12.0 Å². The Balaban J connectivity index is 1.82. The summed E-state index contributed by atoms with van der Waals surface area (Å²) in [6, 6.07) is 3.51. The lowest BCUT2D eigenvalue weighted by Crippen LogP contribution is -2.47. The third-order valence-electron chi connectivity index (χ3n) is 3.45. The zero-order valence-corrected chi connectivity index (χ0v) is 11.8. The number of nitrogens with zero attached hydrogens (tertiary/aromatic N) is 2. The molecule has 110 valence electrons. The van der Waals surface area contributed by atoms with Gasteiger partial charge in [-0.15, -0.1) is 0 Å². The first kappa shape index (κ1) is 14.9. The van der Waals surface area contributed by atoms with E-state index in [9.17, 15) is 4.79 Å². The standard InChI is InChI=1S/C14H22N4O2/c1-2-18-5-6-20-12(10-18)9-17-14(19)13-4-3-11(7-15)8-16-13/h3-4,8,12H,2,5-7,9-10,15H2,1H3,(H,17,19). The van der Waals surface area contributed by atoms with Crippen molar-refractivity contribution >= 4 is 5.91 Å². The van der Waals surface area contributed by atoms with Crippen LogP contribution in [0.15, 0.2) is 18.3 Å². The summed E-state index contributed by atoms with van der Waals surface area (Å²) in [5.74, 6) is -0.175. The average molecular weight is 278 g/mol. The molecule has 1 fully saturated rings. The maximum absolute atomic E-state index is 12.0. The first-order valence-electron chi connectivity index (χ1n) is 7.00. The lowest BCUT2D eigenvalue weighted by molar-refractivity contribution is -0.0246. The minimum atomic E-state index is -0.175. The van der Waals surface area contributed by atoms with Gasteiger partial charge in [-0.05, 0) is 18.2 Å². The van der Waals surface area contributed by atoms with E-state index in [0.29, 0.717) is 18.8 Å². The molecular weight excluding hydrogens is 256 g/mol. The SMILES string of the molecule is CCN1CCOC(CNC(=O)c2ccc(CN)cn2)C1. The van der Waals surface area contributed by atoms with E-state index in [1.54, 1.807) is 12.3 Å².